The van der Waals surface area contributed by atoms with E-state index in [2.05, 4.69) is 19.2 Å². The van der Waals surface area contributed by atoms with E-state index < -0.39 is 0 Å². The number of nitrogens with one attached hydrogen (secondary N) is 1. The maximum atomic E-state index is 9.87. The second-order valence-electron chi connectivity index (χ2n) is 5.11. The lowest BCUT2D eigenvalue weighted by molar-refractivity contribution is 0.366. The number of rotatable bonds is 3. The first-order chi connectivity index (χ1) is 8.11. The van der Waals surface area contributed by atoms with Crippen molar-refractivity contribution >= 4 is 0 Å². The summed E-state index contributed by atoms with van der Waals surface area (Å²) in [5.41, 5.74) is 2.52. The van der Waals surface area contributed by atoms with Gasteiger partial charge in [0, 0.05) is 6.04 Å². The van der Waals surface area contributed by atoms with Gasteiger partial charge in [-0.2, -0.15) is 0 Å². The summed E-state index contributed by atoms with van der Waals surface area (Å²) in [6.07, 6.45) is 2.10. The molecule has 3 nitrogen and oxygen atoms in total. The van der Waals surface area contributed by atoms with E-state index >= 15 is 0 Å². The number of fused-ring (bicyclic) bond motifs is 1. The summed E-state index contributed by atoms with van der Waals surface area (Å²) >= 11 is 0. The molecule has 2 N–H and O–H groups in total. The number of phenolic OH excluding ortho intramolecular Hbond substituents is 1. The fraction of sp³-hybridized carbons (Fsp3) is 0.571. The molecular weight excluding hydrogens is 214 g/mol. The van der Waals surface area contributed by atoms with Crippen LogP contribution in [0.15, 0.2) is 12.1 Å². The molecule has 0 radical (unpaired) electrons. The molecular formula is C14H21NO2. The van der Waals surface area contributed by atoms with Crippen LogP contribution in [0.25, 0.3) is 0 Å². The summed E-state index contributed by atoms with van der Waals surface area (Å²) in [6, 6.07) is 4.18. The van der Waals surface area contributed by atoms with E-state index in [1.54, 1.807) is 7.11 Å². The molecule has 0 amide bonds. The molecule has 1 aliphatic heterocycles. The Morgan fingerprint density at radius 3 is 2.88 bits per heavy atom. The van der Waals surface area contributed by atoms with Gasteiger partial charge in [0.1, 0.15) is 0 Å². The Labute approximate surface area is 103 Å². The fourth-order valence-corrected chi connectivity index (χ4v) is 2.50. The van der Waals surface area contributed by atoms with Gasteiger partial charge in [-0.15, -0.1) is 0 Å². The molecule has 0 saturated carbocycles. The van der Waals surface area contributed by atoms with Crippen molar-refractivity contribution in [3.8, 4) is 11.5 Å². The van der Waals surface area contributed by atoms with Gasteiger partial charge in [0.15, 0.2) is 11.5 Å². The molecule has 0 bridgehead atoms. The number of ether oxygens (including phenoxy) is 1. The highest BCUT2D eigenvalue weighted by Crippen LogP contribution is 2.36. The van der Waals surface area contributed by atoms with Crippen molar-refractivity contribution in [1.82, 2.24) is 5.32 Å². The normalized spacial score (nSPS) is 19.2. The molecule has 17 heavy (non-hydrogen) atoms. The Morgan fingerprint density at radius 1 is 1.47 bits per heavy atom. The third kappa shape index (κ3) is 2.55. The van der Waals surface area contributed by atoms with E-state index in [1.807, 2.05) is 12.1 Å². The second kappa shape index (κ2) is 4.96. The number of hydrogen-bond acceptors (Lipinski definition) is 3. The van der Waals surface area contributed by atoms with Crippen LogP contribution in [0.2, 0.25) is 0 Å². The van der Waals surface area contributed by atoms with Crippen LogP contribution in [0.1, 0.15) is 37.4 Å². The predicted molar refractivity (Wildman–Crippen MR) is 68.6 cm³/mol. The monoisotopic (exact) mass is 235 g/mol. The minimum atomic E-state index is 0.240. The van der Waals surface area contributed by atoms with Crippen LogP contribution in [0.4, 0.5) is 0 Å². The first-order valence-electron chi connectivity index (χ1n) is 6.25. The average molecular weight is 235 g/mol. The summed E-state index contributed by atoms with van der Waals surface area (Å²) < 4.78 is 5.16. The Morgan fingerprint density at radius 2 is 2.24 bits per heavy atom. The van der Waals surface area contributed by atoms with E-state index in [9.17, 15) is 5.11 Å². The molecule has 1 aromatic rings. The van der Waals surface area contributed by atoms with Crippen LogP contribution in [0.3, 0.4) is 0 Å². The molecule has 1 aromatic carbocycles. The van der Waals surface area contributed by atoms with Gasteiger partial charge in [-0.3, -0.25) is 0 Å². The highest BCUT2D eigenvalue weighted by atomic mass is 16.5. The zero-order valence-corrected chi connectivity index (χ0v) is 10.8. The SMILES string of the molecule is COc1cc2c(cc1O)C(CC(C)C)NCC2. The Balaban J connectivity index is 2.34. The van der Waals surface area contributed by atoms with Crippen molar-refractivity contribution in [2.75, 3.05) is 13.7 Å². The summed E-state index contributed by atoms with van der Waals surface area (Å²) in [5.74, 6) is 1.46. The smallest absolute Gasteiger partial charge is 0.160 e. The van der Waals surface area contributed by atoms with Crippen molar-refractivity contribution in [3.05, 3.63) is 23.3 Å². The Hall–Kier alpha value is -1.22. The molecule has 0 aliphatic carbocycles. The van der Waals surface area contributed by atoms with E-state index in [4.69, 9.17) is 4.74 Å². The molecule has 0 spiro atoms. The number of benzene rings is 1. The van der Waals surface area contributed by atoms with Crippen LogP contribution in [0.5, 0.6) is 11.5 Å². The standard InChI is InChI=1S/C14H21NO2/c1-9(2)6-12-11-8-13(16)14(17-3)7-10(11)4-5-15-12/h7-9,12,15-16H,4-6H2,1-3H3. The van der Waals surface area contributed by atoms with Gasteiger partial charge in [-0.05, 0) is 48.6 Å². The zero-order valence-electron chi connectivity index (χ0n) is 10.8. The van der Waals surface area contributed by atoms with Crippen LogP contribution in [0, 0.1) is 5.92 Å². The Bertz CT molecular complexity index is 401. The number of methoxy groups -OCH3 is 1. The average Bonchev–Trinajstić information content (AvgIpc) is 2.28. The summed E-state index contributed by atoms with van der Waals surface area (Å²) in [6.45, 7) is 5.44. The second-order valence-corrected chi connectivity index (χ2v) is 5.11. The maximum Gasteiger partial charge on any atom is 0.160 e. The van der Waals surface area contributed by atoms with Crippen molar-refractivity contribution in [1.29, 1.82) is 0 Å². The van der Waals surface area contributed by atoms with Crippen molar-refractivity contribution < 1.29 is 9.84 Å². The van der Waals surface area contributed by atoms with Crippen molar-refractivity contribution in [2.45, 2.75) is 32.7 Å². The van der Waals surface area contributed by atoms with Crippen molar-refractivity contribution in [2.24, 2.45) is 5.92 Å². The number of hydrogen-bond donors (Lipinski definition) is 2. The molecule has 0 fully saturated rings. The van der Waals surface area contributed by atoms with Gasteiger partial charge in [0.2, 0.25) is 0 Å². The first kappa shape index (κ1) is 12.2. The van der Waals surface area contributed by atoms with E-state index in [-0.39, 0.29) is 5.75 Å². The third-order valence-electron chi connectivity index (χ3n) is 3.31. The van der Waals surface area contributed by atoms with Crippen LogP contribution < -0.4 is 10.1 Å². The van der Waals surface area contributed by atoms with Crippen molar-refractivity contribution in [3.63, 3.8) is 0 Å². The molecule has 1 aliphatic rings. The summed E-state index contributed by atoms with van der Waals surface area (Å²) in [5, 5.41) is 13.4. The van der Waals surface area contributed by atoms with Gasteiger partial charge in [-0.25, -0.2) is 0 Å². The van der Waals surface area contributed by atoms with Crippen LogP contribution >= 0.6 is 0 Å². The lowest BCUT2D eigenvalue weighted by Crippen LogP contribution is -2.30. The van der Waals surface area contributed by atoms with Crippen LogP contribution in [-0.4, -0.2) is 18.8 Å². The lowest BCUT2D eigenvalue weighted by atomic mass is 9.89. The highest BCUT2D eigenvalue weighted by molar-refractivity contribution is 5.48. The topological polar surface area (TPSA) is 41.5 Å². The van der Waals surface area contributed by atoms with Gasteiger partial charge >= 0.3 is 0 Å². The highest BCUT2D eigenvalue weighted by Gasteiger charge is 2.22. The zero-order chi connectivity index (χ0) is 12.4. The quantitative estimate of drug-likeness (QED) is 0.846. The van der Waals surface area contributed by atoms with Gasteiger partial charge in [-0.1, -0.05) is 13.8 Å². The number of aromatic hydroxyl groups is 1. The fourth-order valence-electron chi connectivity index (χ4n) is 2.50. The van der Waals surface area contributed by atoms with Crippen LogP contribution in [-0.2, 0) is 6.42 Å². The molecule has 0 aromatic heterocycles. The molecule has 0 saturated heterocycles. The molecule has 1 heterocycles. The molecule has 3 heteroatoms. The summed E-state index contributed by atoms with van der Waals surface area (Å²) in [4.78, 5) is 0. The largest absolute Gasteiger partial charge is 0.504 e. The van der Waals surface area contributed by atoms with E-state index in [1.165, 1.54) is 11.1 Å². The lowest BCUT2D eigenvalue weighted by Gasteiger charge is -2.28. The molecule has 1 atom stereocenters. The van der Waals surface area contributed by atoms with Gasteiger partial charge in [0.25, 0.3) is 0 Å². The molecule has 94 valence electrons. The molecule has 1 unspecified atom stereocenters. The van der Waals surface area contributed by atoms with E-state index in [0.717, 1.165) is 19.4 Å². The minimum absolute atomic E-state index is 0.240. The van der Waals surface area contributed by atoms with E-state index in [0.29, 0.717) is 17.7 Å². The number of phenols is 1. The Kier molecular flexibility index (Phi) is 3.57. The molecule has 2 rings (SSSR count). The van der Waals surface area contributed by atoms with Gasteiger partial charge < -0.3 is 15.2 Å². The predicted octanol–water partition coefficient (Wildman–Crippen LogP) is 2.63. The first-order valence-corrected chi connectivity index (χ1v) is 6.25. The maximum absolute atomic E-state index is 9.87. The minimum Gasteiger partial charge on any atom is -0.504 e. The third-order valence-corrected chi connectivity index (χ3v) is 3.31. The van der Waals surface area contributed by atoms with Gasteiger partial charge in [0.05, 0.1) is 7.11 Å². The summed E-state index contributed by atoms with van der Waals surface area (Å²) in [7, 11) is 1.59.